The Bertz CT molecular complexity index is 1040. The third kappa shape index (κ3) is 3.79. The van der Waals surface area contributed by atoms with E-state index in [9.17, 15) is 14.9 Å². The second-order valence-electron chi connectivity index (χ2n) is 6.32. The highest BCUT2D eigenvalue weighted by Crippen LogP contribution is 2.40. The van der Waals surface area contributed by atoms with Gasteiger partial charge in [-0.3, -0.25) is 14.9 Å². The number of anilines is 1. The fourth-order valence-electron chi connectivity index (χ4n) is 3.19. The number of amidine groups is 1. The maximum absolute atomic E-state index is 12.4. The van der Waals surface area contributed by atoms with Gasteiger partial charge in [0.25, 0.3) is 5.69 Å². The molecule has 148 valence electrons. The summed E-state index contributed by atoms with van der Waals surface area (Å²) in [5, 5.41) is 20.7. The lowest BCUT2D eigenvalue weighted by Crippen LogP contribution is -2.29. The second kappa shape index (κ2) is 7.92. The Hall–Kier alpha value is -3.40. The number of aliphatic imine (C=N–C) groups is 1. The number of hydrogen-bond donors (Lipinski definition) is 1. The maximum Gasteiger partial charge on any atom is 0.296 e. The number of hydrazone groups is 1. The summed E-state index contributed by atoms with van der Waals surface area (Å²) in [4.78, 5) is 27.8. The van der Waals surface area contributed by atoms with Crippen molar-refractivity contribution in [1.29, 1.82) is 0 Å². The number of nitro groups is 1. The third-order valence-electron chi connectivity index (χ3n) is 4.55. The van der Waals surface area contributed by atoms with Crippen molar-refractivity contribution in [1.82, 2.24) is 5.01 Å². The van der Waals surface area contributed by atoms with E-state index >= 15 is 0 Å². The van der Waals surface area contributed by atoms with Gasteiger partial charge in [-0.15, -0.1) is 0 Å². The number of rotatable bonds is 5. The topological polar surface area (TPSA) is 109 Å². The van der Waals surface area contributed by atoms with E-state index in [1.807, 2.05) is 35.5 Å². The number of para-hydroxylation sites is 1. The number of nitrogens with one attached hydrogen (secondary N) is 1. The Balaban J connectivity index is 1.47. The Morgan fingerprint density at radius 1 is 1.38 bits per heavy atom. The van der Waals surface area contributed by atoms with Gasteiger partial charge in [0.05, 0.1) is 35.6 Å². The summed E-state index contributed by atoms with van der Waals surface area (Å²) in [5.74, 6) is 0.0184. The number of methoxy groups -OCH3 is 1. The molecule has 2 aliphatic heterocycles. The molecule has 0 bridgehead atoms. The predicted molar refractivity (Wildman–Crippen MR) is 112 cm³/mol. The smallest absolute Gasteiger partial charge is 0.296 e. The molecule has 9 nitrogen and oxygen atoms in total. The molecule has 2 aromatic rings. The van der Waals surface area contributed by atoms with Crippen molar-refractivity contribution < 1.29 is 14.5 Å². The van der Waals surface area contributed by atoms with Crippen LogP contribution in [0.3, 0.4) is 0 Å². The second-order valence-corrected chi connectivity index (χ2v) is 7.27. The van der Waals surface area contributed by atoms with Gasteiger partial charge in [0.2, 0.25) is 5.91 Å². The molecular weight excluding hydrogens is 394 g/mol. The first kappa shape index (κ1) is 18.9. The molecule has 1 N–H and O–H groups in total. The van der Waals surface area contributed by atoms with Crippen LogP contribution in [0.1, 0.15) is 18.0 Å². The van der Waals surface area contributed by atoms with Gasteiger partial charge in [0, 0.05) is 18.2 Å². The van der Waals surface area contributed by atoms with Crippen molar-refractivity contribution >= 4 is 46.1 Å². The van der Waals surface area contributed by atoms with Crippen LogP contribution in [0.25, 0.3) is 0 Å². The van der Waals surface area contributed by atoms with Crippen molar-refractivity contribution in [3.8, 4) is 5.75 Å². The molecule has 1 amide bonds. The van der Waals surface area contributed by atoms with Crippen molar-refractivity contribution in [2.75, 3.05) is 18.2 Å². The van der Waals surface area contributed by atoms with E-state index in [0.717, 1.165) is 17.7 Å². The predicted octanol–water partition coefficient (Wildman–Crippen LogP) is 3.71. The summed E-state index contributed by atoms with van der Waals surface area (Å²) in [6.45, 7) is 0. The lowest BCUT2D eigenvalue weighted by Gasteiger charge is -2.29. The zero-order valence-electron chi connectivity index (χ0n) is 15.4. The SMILES string of the molecule is COc1ccc(NC(=O)CSC2=Nc3ccccc3C3CC=NN23)c([N+](=O)[O-])c1. The van der Waals surface area contributed by atoms with Gasteiger partial charge in [0.1, 0.15) is 11.4 Å². The van der Waals surface area contributed by atoms with E-state index in [-0.39, 0.29) is 29.1 Å². The van der Waals surface area contributed by atoms with Gasteiger partial charge >= 0.3 is 0 Å². The Labute approximate surface area is 170 Å². The summed E-state index contributed by atoms with van der Waals surface area (Å²) in [5.41, 5.74) is 1.87. The van der Waals surface area contributed by atoms with E-state index in [2.05, 4.69) is 15.4 Å². The quantitative estimate of drug-likeness (QED) is 0.593. The number of amides is 1. The first-order chi connectivity index (χ1) is 14.1. The van der Waals surface area contributed by atoms with Crippen molar-refractivity contribution in [3.63, 3.8) is 0 Å². The van der Waals surface area contributed by atoms with Crippen LogP contribution >= 0.6 is 11.8 Å². The Morgan fingerprint density at radius 2 is 2.21 bits per heavy atom. The highest BCUT2D eigenvalue weighted by Gasteiger charge is 2.32. The van der Waals surface area contributed by atoms with Gasteiger partial charge < -0.3 is 10.1 Å². The number of carbonyl (C=O) groups excluding carboxylic acids is 1. The van der Waals surface area contributed by atoms with Gasteiger partial charge in [-0.2, -0.15) is 5.10 Å². The van der Waals surface area contributed by atoms with E-state index in [1.54, 1.807) is 6.07 Å². The molecule has 1 unspecified atom stereocenters. The van der Waals surface area contributed by atoms with Gasteiger partial charge in [-0.05, 0) is 18.2 Å². The number of ether oxygens (including phenoxy) is 1. The Kier molecular flexibility index (Phi) is 5.17. The molecule has 0 saturated heterocycles. The highest BCUT2D eigenvalue weighted by atomic mass is 32.2. The number of carbonyl (C=O) groups is 1. The molecule has 2 aromatic carbocycles. The normalized spacial score (nSPS) is 16.7. The standard InChI is InChI=1S/C19H17N5O4S/c1-28-12-6-7-15(17(10-12)24(26)27)21-18(25)11-29-19-22-14-5-3-2-4-13(14)16-8-9-20-23(16)19/h2-7,9-10,16H,8,11H2,1H3,(H,21,25). The number of nitrogens with zero attached hydrogens (tertiary/aromatic N) is 4. The van der Waals surface area contributed by atoms with E-state index in [0.29, 0.717) is 10.9 Å². The van der Waals surface area contributed by atoms with Crippen LogP contribution in [0.5, 0.6) is 5.75 Å². The van der Waals surface area contributed by atoms with Crippen LogP contribution in [-0.4, -0.2) is 40.1 Å². The first-order valence-corrected chi connectivity index (χ1v) is 9.79. The number of nitro benzene ring substituents is 1. The molecular formula is C19H17N5O4S. The molecule has 29 heavy (non-hydrogen) atoms. The monoisotopic (exact) mass is 411 g/mol. The molecule has 1 atom stereocenters. The summed E-state index contributed by atoms with van der Waals surface area (Å²) in [7, 11) is 1.42. The zero-order valence-corrected chi connectivity index (χ0v) is 16.3. The average Bonchev–Trinajstić information content (AvgIpc) is 3.22. The average molecular weight is 411 g/mol. The minimum Gasteiger partial charge on any atom is -0.496 e. The molecule has 0 fully saturated rings. The van der Waals surface area contributed by atoms with Gasteiger partial charge in [0.15, 0.2) is 5.17 Å². The van der Waals surface area contributed by atoms with E-state index in [4.69, 9.17) is 4.74 Å². The molecule has 2 heterocycles. The van der Waals surface area contributed by atoms with Gasteiger partial charge in [-0.1, -0.05) is 30.0 Å². The van der Waals surface area contributed by atoms with Crippen LogP contribution < -0.4 is 10.1 Å². The summed E-state index contributed by atoms with van der Waals surface area (Å²) in [6.07, 6.45) is 2.62. The first-order valence-electron chi connectivity index (χ1n) is 8.81. The van der Waals surface area contributed by atoms with E-state index in [1.165, 1.54) is 31.0 Å². The van der Waals surface area contributed by atoms with Gasteiger partial charge in [-0.25, -0.2) is 10.0 Å². The molecule has 0 radical (unpaired) electrons. The fourth-order valence-corrected chi connectivity index (χ4v) is 3.99. The summed E-state index contributed by atoms with van der Waals surface area (Å²) < 4.78 is 5.00. The number of fused-ring (bicyclic) bond motifs is 3. The molecule has 0 saturated carbocycles. The molecule has 0 spiro atoms. The van der Waals surface area contributed by atoms with Crippen LogP contribution in [-0.2, 0) is 4.79 Å². The molecule has 4 rings (SSSR count). The van der Waals surface area contributed by atoms with Crippen molar-refractivity contribution in [2.45, 2.75) is 12.5 Å². The van der Waals surface area contributed by atoms with E-state index < -0.39 is 4.92 Å². The molecule has 0 aliphatic carbocycles. The minimum atomic E-state index is -0.559. The highest BCUT2D eigenvalue weighted by molar-refractivity contribution is 8.14. The molecule has 10 heteroatoms. The molecule has 0 aromatic heterocycles. The largest absolute Gasteiger partial charge is 0.496 e. The lowest BCUT2D eigenvalue weighted by molar-refractivity contribution is -0.384. The number of thioether (sulfide) groups is 1. The van der Waals surface area contributed by atoms with Crippen LogP contribution in [0.4, 0.5) is 17.1 Å². The number of hydrogen-bond acceptors (Lipinski definition) is 8. The third-order valence-corrected chi connectivity index (χ3v) is 5.49. The van der Waals surface area contributed by atoms with Crippen molar-refractivity contribution in [3.05, 3.63) is 58.1 Å². The van der Waals surface area contributed by atoms with Crippen LogP contribution in [0, 0.1) is 10.1 Å². The minimum absolute atomic E-state index is 0.0446. The fraction of sp³-hybridized carbons (Fsp3) is 0.211. The van der Waals surface area contributed by atoms with Crippen molar-refractivity contribution in [2.24, 2.45) is 10.1 Å². The summed E-state index contributed by atoms with van der Waals surface area (Å²) >= 11 is 1.24. The number of benzene rings is 2. The molecule has 2 aliphatic rings. The van der Waals surface area contributed by atoms with Crippen LogP contribution in [0.15, 0.2) is 52.6 Å². The Morgan fingerprint density at radius 3 is 3.00 bits per heavy atom. The summed E-state index contributed by atoms with van der Waals surface area (Å²) in [6, 6.07) is 12.2. The zero-order chi connectivity index (χ0) is 20.4. The van der Waals surface area contributed by atoms with Crippen LogP contribution in [0.2, 0.25) is 0 Å². The maximum atomic E-state index is 12.4. The lowest BCUT2D eigenvalue weighted by atomic mass is 10.0.